The fourth-order valence-corrected chi connectivity index (χ4v) is 2.32. The molecule has 0 atom stereocenters. The van der Waals surface area contributed by atoms with Crippen molar-refractivity contribution in [2.45, 2.75) is 33.2 Å². The average Bonchev–Trinajstić information content (AvgIpc) is 3.10. The van der Waals surface area contributed by atoms with Gasteiger partial charge in [-0.25, -0.2) is 4.98 Å². The number of aryl methyl sites for hydroxylation is 2. The monoisotopic (exact) mass is 243 g/mol. The van der Waals surface area contributed by atoms with Gasteiger partial charge in [-0.15, -0.1) is 0 Å². The summed E-state index contributed by atoms with van der Waals surface area (Å²) in [5.74, 6) is 0.953. The third-order valence-corrected chi connectivity index (χ3v) is 3.90. The fraction of sp³-hybridized carbons (Fsp3) is 0.533. The first-order valence-electron chi connectivity index (χ1n) is 6.87. The Morgan fingerprint density at radius 3 is 2.83 bits per heavy atom. The molecule has 2 aromatic rings. The second kappa shape index (κ2) is 4.73. The Bertz CT molecular complexity index is 552. The van der Waals surface area contributed by atoms with Gasteiger partial charge in [-0.05, 0) is 62.4 Å². The lowest BCUT2D eigenvalue weighted by Crippen LogP contribution is -2.21. The Kier molecular flexibility index (Phi) is 3.08. The lowest BCUT2D eigenvalue weighted by molar-refractivity contribution is 0.583. The number of hydrogen-bond acceptors (Lipinski definition) is 2. The SMILES string of the molecule is Cc1cc2ncn(CCNCC3CC3)c2cc1C. The van der Waals surface area contributed by atoms with Gasteiger partial charge in [0.2, 0.25) is 0 Å². The van der Waals surface area contributed by atoms with Crippen LogP contribution in [0.4, 0.5) is 0 Å². The van der Waals surface area contributed by atoms with Gasteiger partial charge in [0.1, 0.15) is 0 Å². The highest BCUT2D eigenvalue weighted by Crippen LogP contribution is 2.27. The maximum atomic E-state index is 4.48. The summed E-state index contributed by atoms with van der Waals surface area (Å²) in [6.45, 7) is 7.54. The first-order valence-corrected chi connectivity index (χ1v) is 6.87. The summed E-state index contributed by atoms with van der Waals surface area (Å²) in [5.41, 5.74) is 5.03. The summed E-state index contributed by atoms with van der Waals surface area (Å²) in [4.78, 5) is 4.48. The van der Waals surface area contributed by atoms with E-state index < -0.39 is 0 Å². The zero-order valence-electron chi connectivity index (χ0n) is 11.2. The van der Waals surface area contributed by atoms with E-state index in [2.05, 4.69) is 40.8 Å². The van der Waals surface area contributed by atoms with E-state index in [-0.39, 0.29) is 0 Å². The molecule has 18 heavy (non-hydrogen) atoms. The molecule has 1 fully saturated rings. The van der Waals surface area contributed by atoms with Crippen molar-refractivity contribution in [1.29, 1.82) is 0 Å². The van der Waals surface area contributed by atoms with E-state index in [0.29, 0.717) is 0 Å². The second-order valence-electron chi connectivity index (χ2n) is 5.51. The molecule has 1 saturated carbocycles. The summed E-state index contributed by atoms with van der Waals surface area (Å²) >= 11 is 0. The molecule has 0 saturated heterocycles. The molecule has 0 aliphatic heterocycles. The molecule has 3 rings (SSSR count). The molecule has 1 aromatic heterocycles. The minimum Gasteiger partial charge on any atom is -0.329 e. The van der Waals surface area contributed by atoms with Crippen molar-refractivity contribution >= 4 is 11.0 Å². The maximum Gasteiger partial charge on any atom is 0.0958 e. The normalized spacial score (nSPS) is 15.4. The van der Waals surface area contributed by atoms with E-state index in [9.17, 15) is 0 Å². The van der Waals surface area contributed by atoms with Gasteiger partial charge in [0.15, 0.2) is 0 Å². The zero-order chi connectivity index (χ0) is 12.5. The molecule has 96 valence electrons. The third kappa shape index (κ3) is 2.41. The van der Waals surface area contributed by atoms with Gasteiger partial charge >= 0.3 is 0 Å². The second-order valence-corrected chi connectivity index (χ2v) is 5.51. The van der Waals surface area contributed by atoms with Crippen molar-refractivity contribution in [1.82, 2.24) is 14.9 Å². The maximum absolute atomic E-state index is 4.48. The van der Waals surface area contributed by atoms with E-state index in [4.69, 9.17) is 0 Å². The van der Waals surface area contributed by atoms with Crippen LogP contribution < -0.4 is 5.32 Å². The molecule has 1 N–H and O–H groups in total. The Hall–Kier alpha value is -1.35. The van der Waals surface area contributed by atoms with E-state index in [0.717, 1.165) is 24.5 Å². The standard InChI is InChI=1S/C15H21N3/c1-11-7-14-15(8-12(11)2)18(10-17-14)6-5-16-9-13-3-4-13/h7-8,10,13,16H,3-6,9H2,1-2H3. The predicted molar refractivity (Wildman–Crippen MR) is 74.8 cm³/mol. The highest BCUT2D eigenvalue weighted by Gasteiger charge is 2.19. The molecule has 1 aliphatic rings. The predicted octanol–water partition coefficient (Wildman–Crippen LogP) is 2.65. The molecular formula is C15H21N3. The number of nitrogens with one attached hydrogen (secondary N) is 1. The number of nitrogens with zero attached hydrogens (tertiary/aromatic N) is 2. The number of hydrogen-bond donors (Lipinski definition) is 1. The number of fused-ring (bicyclic) bond motifs is 1. The molecule has 3 nitrogen and oxygen atoms in total. The van der Waals surface area contributed by atoms with Crippen LogP contribution in [0, 0.1) is 19.8 Å². The van der Waals surface area contributed by atoms with Crippen LogP contribution in [0.2, 0.25) is 0 Å². The van der Waals surface area contributed by atoms with Gasteiger partial charge in [-0.3, -0.25) is 0 Å². The quantitative estimate of drug-likeness (QED) is 0.818. The van der Waals surface area contributed by atoms with Gasteiger partial charge in [0.05, 0.1) is 17.4 Å². The molecule has 1 aromatic carbocycles. The van der Waals surface area contributed by atoms with Gasteiger partial charge in [0, 0.05) is 13.1 Å². The highest BCUT2D eigenvalue weighted by molar-refractivity contribution is 5.77. The van der Waals surface area contributed by atoms with E-state index in [1.54, 1.807) is 0 Å². The van der Waals surface area contributed by atoms with Gasteiger partial charge in [-0.1, -0.05) is 0 Å². The van der Waals surface area contributed by atoms with Crippen LogP contribution in [-0.4, -0.2) is 22.6 Å². The molecule has 0 amide bonds. The van der Waals surface area contributed by atoms with E-state index >= 15 is 0 Å². The first kappa shape index (κ1) is 11.7. The van der Waals surface area contributed by atoms with Crippen molar-refractivity contribution in [3.8, 4) is 0 Å². The zero-order valence-corrected chi connectivity index (χ0v) is 11.2. The van der Waals surface area contributed by atoms with E-state index in [1.165, 1.54) is 36.0 Å². The molecule has 3 heteroatoms. The van der Waals surface area contributed by atoms with Crippen LogP contribution in [0.25, 0.3) is 11.0 Å². The number of imidazole rings is 1. The molecule has 1 aliphatic carbocycles. The summed E-state index contributed by atoms with van der Waals surface area (Å²) in [6.07, 6.45) is 4.79. The van der Waals surface area contributed by atoms with E-state index in [1.807, 2.05) is 6.33 Å². The lowest BCUT2D eigenvalue weighted by Gasteiger charge is -2.07. The molecule has 1 heterocycles. The summed E-state index contributed by atoms with van der Waals surface area (Å²) in [7, 11) is 0. The van der Waals surface area contributed by atoms with Gasteiger partial charge in [-0.2, -0.15) is 0 Å². The Morgan fingerprint density at radius 1 is 1.28 bits per heavy atom. The summed E-state index contributed by atoms with van der Waals surface area (Å²) in [6, 6.07) is 4.43. The van der Waals surface area contributed by atoms with Crippen molar-refractivity contribution in [2.75, 3.05) is 13.1 Å². The third-order valence-electron chi connectivity index (χ3n) is 3.90. The van der Waals surface area contributed by atoms with Gasteiger partial charge < -0.3 is 9.88 Å². The smallest absolute Gasteiger partial charge is 0.0958 e. The van der Waals surface area contributed by atoms with Crippen molar-refractivity contribution in [2.24, 2.45) is 5.92 Å². The largest absolute Gasteiger partial charge is 0.329 e. The number of aromatic nitrogens is 2. The number of rotatable bonds is 5. The fourth-order valence-electron chi connectivity index (χ4n) is 2.32. The van der Waals surface area contributed by atoms with Crippen LogP contribution >= 0.6 is 0 Å². The Labute approximate surface area is 108 Å². The Morgan fingerprint density at radius 2 is 2.06 bits per heavy atom. The minimum absolute atomic E-state index is 0.953. The molecule has 0 unspecified atom stereocenters. The first-order chi connectivity index (χ1) is 8.74. The van der Waals surface area contributed by atoms with Crippen molar-refractivity contribution < 1.29 is 0 Å². The van der Waals surface area contributed by atoms with Crippen LogP contribution in [0.5, 0.6) is 0 Å². The molecule has 0 spiro atoms. The molecular weight excluding hydrogens is 222 g/mol. The van der Waals surface area contributed by atoms with Crippen LogP contribution in [0.15, 0.2) is 18.5 Å². The van der Waals surface area contributed by atoms with Crippen LogP contribution in [0.1, 0.15) is 24.0 Å². The Balaban J connectivity index is 1.69. The van der Waals surface area contributed by atoms with Crippen LogP contribution in [-0.2, 0) is 6.54 Å². The average molecular weight is 243 g/mol. The molecule has 0 bridgehead atoms. The molecule has 0 radical (unpaired) electrons. The topological polar surface area (TPSA) is 29.9 Å². The van der Waals surface area contributed by atoms with Crippen molar-refractivity contribution in [3.05, 3.63) is 29.6 Å². The summed E-state index contributed by atoms with van der Waals surface area (Å²) in [5, 5.41) is 3.53. The van der Waals surface area contributed by atoms with Crippen LogP contribution in [0.3, 0.4) is 0 Å². The minimum atomic E-state index is 0.953. The number of benzene rings is 1. The highest BCUT2D eigenvalue weighted by atomic mass is 15.1. The van der Waals surface area contributed by atoms with Gasteiger partial charge in [0.25, 0.3) is 0 Å². The van der Waals surface area contributed by atoms with Crippen molar-refractivity contribution in [3.63, 3.8) is 0 Å². The summed E-state index contributed by atoms with van der Waals surface area (Å²) < 4.78 is 2.25. The lowest BCUT2D eigenvalue weighted by atomic mass is 10.1.